The van der Waals surface area contributed by atoms with Crippen LogP contribution in [-0.2, 0) is 10.1 Å². The van der Waals surface area contributed by atoms with Gasteiger partial charge in [0.25, 0.3) is 10.1 Å². The lowest BCUT2D eigenvalue weighted by molar-refractivity contribution is 0.483. The molecule has 1 N–H and O–H groups in total. The Bertz CT molecular complexity index is 373. The topological polar surface area (TPSA) is 54.4 Å². The van der Waals surface area contributed by atoms with Crippen LogP contribution in [0.2, 0.25) is 0 Å². The molecule has 0 fully saturated rings. The van der Waals surface area contributed by atoms with Gasteiger partial charge in [0.2, 0.25) is 0 Å². The number of hydrogen-bond donors (Lipinski definition) is 1. The van der Waals surface area contributed by atoms with Crippen LogP contribution < -0.4 is 0 Å². The first-order valence-corrected chi connectivity index (χ1v) is 4.86. The summed E-state index contributed by atoms with van der Waals surface area (Å²) in [6, 6.07) is 7.42. The summed E-state index contributed by atoms with van der Waals surface area (Å²) in [4.78, 5) is -0.0741. The lowest BCUT2D eigenvalue weighted by Crippen LogP contribution is -1.96. The van der Waals surface area contributed by atoms with Gasteiger partial charge in [-0.2, -0.15) is 8.42 Å². The van der Waals surface area contributed by atoms with Crippen molar-refractivity contribution in [2.24, 2.45) is 0 Å². The number of rotatable bonds is 1. The third-order valence-corrected chi connectivity index (χ3v) is 1.91. The largest absolute Gasteiger partial charge is 0.294 e. The molecule has 0 aliphatic heterocycles. The van der Waals surface area contributed by atoms with Crippen molar-refractivity contribution in [2.45, 2.75) is 11.8 Å². The van der Waals surface area contributed by atoms with Crippen molar-refractivity contribution in [3.63, 3.8) is 0 Å². The zero-order valence-electron chi connectivity index (χ0n) is 7.14. The van der Waals surface area contributed by atoms with E-state index in [4.69, 9.17) is 4.55 Å². The molecular weight excluding hydrogens is 188 g/mol. The van der Waals surface area contributed by atoms with Gasteiger partial charge < -0.3 is 0 Å². The van der Waals surface area contributed by atoms with Crippen molar-refractivity contribution in [1.82, 2.24) is 0 Å². The van der Waals surface area contributed by atoms with Crippen molar-refractivity contribution in [3.05, 3.63) is 30.3 Å². The van der Waals surface area contributed by atoms with E-state index in [-0.39, 0.29) is 4.90 Å². The van der Waals surface area contributed by atoms with Crippen LogP contribution in [0.15, 0.2) is 35.2 Å². The monoisotopic (exact) mass is 198 g/mol. The molecule has 0 saturated heterocycles. The minimum absolute atomic E-state index is 0.0741. The molecule has 0 unspecified atom stereocenters. The van der Waals surface area contributed by atoms with Crippen LogP contribution in [0.5, 0.6) is 0 Å². The molecule has 0 radical (unpaired) electrons. The molecule has 3 nitrogen and oxygen atoms in total. The van der Waals surface area contributed by atoms with E-state index in [1.165, 1.54) is 12.1 Å². The van der Waals surface area contributed by atoms with Gasteiger partial charge in [-0.25, -0.2) is 0 Å². The number of benzene rings is 1. The SMILES string of the molecule is C#CC.O=S(=O)(O)c1ccccc1. The molecule has 0 amide bonds. The fourth-order valence-electron chi connectivity index (χ4n) is 0.592. The van der Waals surface area contributed by atoms with E-state index in [1.807, 2.05) is 0 Å². The molecule has 0 saturated carbocycles. The first-order chi connectivity index (χ1) is 6.02. The third kappa shape index (κ3) is 5.01. The molecule has 0 atom stereocenters. The van der Waals surface area contributed by atoms with E-state index in [9.17, 15) is 8.42 Å². The van der Waals surface area contributed by atoms with Gasteiger partial charge in [-0.3, -0.25) is 4.55 Å². The first kappa shape index (κ1) is 11.7. The summed E-state index contributed by atoms with van der Waals surface area (Å²) < 4.78 is 29.2. The molecule has 0 aliphatic rings. The Kier molecular flexibility index (Phi) is 4.82. The van der Waals surface area contributed by atoms with Gasteiger partial charge in [0.15, 0.2) is 0 Å². The van der Waals surface area contributed by atoms with Crippen LogP contribution in [0.3, 0.4) is 0 Å². The van der Waals surface area contributed by atoms with Crippen LogP contribution in [0.1, 0.15) is 6.92 Å². The molecular formula is C9H10O3S. The summed E-state index contributed by atoms with van der Waals surface area (Å²) in [7, 11) is -4.00. The second-order valence-corrected chi connectivity index (χ2v) is 3.50. The quantitative estimate of drug-likeness (QED) is 0.550. The Labute approximate surface area is 78.2 Å². The molecule has 1 aromatic rings. The fourth-order valence-corrected chi connectivity index (χ4v) is 1.09. The molecule has 1 aromatic carbocycles. The highest BCUT2D eigenvalue weighted by molar-refractivity contribution is 7.85. The Morgan fingerprint density at radius 1 is 1.31 bits per heavy atom. The highest BCUT2D eigenvalue weighted by atomic mass is 32.2. The fraction of sp³-hybridized carbons (Fsp3) is 0.111. The van der Waals surface area contributed by atoms with Crippen LogP contribution in [0.4, 0.5) is 0 Å². The molecule has 70 valence electrons. The van der Waals surface area contributed by atoms with Gasteiger partial charge in [0, 0.05) is 0 Å². The van der Waals surface area contributed by atoms with Gasteiger partial charge in [-0.15, -0.1) is 12.3 Å². The van der Waals surface area contributed by atoms with Crippen molar-refractivity contribution in [2.75, 3.05) is 0 Å². The summed E-state index contributed by atoms with van der Waals surface area (Å²) in [6.07, 6.45) is 4.60. The maximum atomic E-state index is 10.4. The maximum Gasteiger partial charge on any atom is 0.294 e. The lowest BCUT2D eigenvalue weighted by Gasteiger charge is -1.92. The average Bonchev–Trinajstić information content (AvgIpc) is 2.06. The number of terminal acetylenes is 1. The Hall–Kier alpha value is -1.31. The molecule has 0 aliphatic carbocycles. The second kappa shape index (κ2) is 5.36. The van der Waals surface area contributed by atoms with Crippen molar-refractivity contribution in [1.29, 1.82) is 0 Å². The van der Waals surface area contributed by atoms with E-state index in [0.717, 1.165) is 0 Å². The van der Waals surface area contributed by atoms with Crippen LogP contribution in [0, 0.1) is 12.3 Å². The van der Waals surface area contributed by atoms with Crippen molar-refractivity contribution >= 4 is 10.1 Å². The van der Waals surface area contributed by atoms with Crippen LogP contribution in [0.25, 0.3) is 0 Å². The molecule has 13 heavy (non-hydrogen) atoms. The highest BCUT2D eigenvalue weighted by Gasteiger charge is 2.05. The van der Waals surface area contributed by atoms with E-state index >= 15 is 0 Å². The molecule has 4 heteroatoms. The third-order valence-electron chi connectivity index (χ3n) is 1.04. The normalized spacial score (nSPS) is 9.31. The maximum absolute atomic E-state index is 10.4. The zero-order chi connectivity index (χ0) is 10.3. The van der Waals surface area contributed by atoms with Crippen molar-refractivity contribution in [3.8, 4) is 12.3 Å². The highest BCUT2D eigenvalue weighted by Crippen LogP contribution is 2.05. The Balaban J connectivity index is 0.000000424. The minimum atomic E-state index is -4.00. The Morgan fingerprint density at radius 3 is 1.92 bits per heavy atom. The predicted molar refractivity (Wildman–Crippen MR) is 50.8 cm³/mol. The summed E-state index contributed by atoms with van der Waals surface area (Å²) in [6.45, 7) is 1.65. The predicted octanol–water partition coefficient (Wildman–Crippen LogP) is 1.57. The first-order valence-electron chi connectivity index (χ1n) is 3.42. The van der Waals surface area contributed by atoms with E-state index in [2.05, 4.69) is 12.3 Å². The standard InChI is InChI=1S/C6H6O3S.C3H4/c7-10(8,9)6-4-2-1-3-5-6;1-3-2/h1-5H,(H,7,8,9);1H,2H3. The zero-order valence-corrected chi connectivity index (χ0v) is 7.95. The Morgan fingerprint density at radius 2 is 1.69 bits per heavy atom. The van der Waals surface area contributed by atoms with Gasteiger partial charge in [0.05, 0.1) is 4.90 Å². The van der Waals surface area contributed by atoms with E-state index in [1.54, 1.807) is 25.1 Å². The molecule has 1 rings (SSSR count). The average molecular weight is 198 g/mol. The smallest absolute Gasteiger partial charge is 0.282 e. The van der Waals surface area contributed by atoms with Crippen LogP contribution in [-0.4, -0.2) is 13.0 Å². The van der Waals surface area contributed by atoms with E-state index < -0.39 is 10.1 Å². The molecule has 0 spiro atoms. The minimum Gasteiger partial charge on any atom is -0.282 e. The van der Waals surface area contributed by atoms with E-state index in [0.29, 0.717) is 0 Å². The summed E-state index contributed by atoms with van der Waals surface area (Å²) >= 11 is 0. The summed E-state index contributed by atoms with van der Waals surface area (Å²) in [5.41, 5.74) is 0. The summed E-state index contributed by atoms with van der Waals surface area (Å²) in [5.74, 6) is 2.25. The van der Waals surface area contributed by atoms with Gasteiger partial charge >= 0.3 is 0 Å². The summed E-state index contributed by atoms with van der Waals surface area (Å²) in [5, 5.41) is 0. The van der Waals surface area contributed by atoms with Crippen molar-refractivity contribution < 1.29 is 13.0 Å². The van der Waals surface area contributed by atoms with Gasteiger partial charge in [-0.1, -0.05) is 18.2 Å². The van der Waals surface area contributed by atoms with Gasteiger partial charge in [-0.05, 0) is 19.1 Å². The molecule has 0 heterocycles. The van der Waals surface area contributed by atoms with Gasteiger partial charge in [0.1, 0.15) is 0 Å². The molecule has 0 aromatic heterocycles. The number of hydrogen-bond acceptors (Lipinski definition) is 2. The van der Waals surface area contributed by atoms with Crippen LogP contribution >= 0.6 is 0 Å². The molecule has 0 bridgehead atoms. The lowest BCUT2D eigenvalue weighted by atomic mass is 10.4. The second-order valence-electron chi connectivity index (χ2n) is 2.08.